The van der Waals surface area contributed by atoms with Crippen LogP contribution in [0.15, 0.2) is 16.7 Å². The number of rotatable bonds is 4. The summed E-state index contributed by atoms with van der Waals surface area (Å²) >= 11 is 4.77. The highest BCUT2D eigenvalue weighted by Crippen LogP contribution is 2.19. The van der Waals surface area contributed by atoms with Gasteiger partial charge in [0, 0.05) is 17.2 Å². The number of hydrogen-bond donors (Lipinski definition) is 1. The van der Waals surface area contributed by atoms with Crippen molar-refractivity contribution >= 4 is 38.3 Å². The van der Waals surface area contributed by atoms with E-state index in [-0.39, 0.29) is 5.91 Å². The van der Waals surface area contributed by atoms with Crippen LogP contribution in [0.5, 0.6) is 0 Å². The fraction of sp³-hybridized carbons (Fsp3) is 0.364. The van der Waals surface area contributed by atoms with Gasteiger partial charge in [-0.3, -0.25) is 10.1 Å². The second-order valence-corrected chi connectivity index (χ2v) is 5.62. The maximum absolute atomic E-state index is 12.1. The normalized spacial score (nSPS) is 10.6. The van der Waals surface area contributed by atoms with Crippen LogP contribution in [0.3, 0.4) is 0 Å². The Bertz CT molecular complexity index is 563. The van der Waals surface area contributed by atoms with Crippen molar-refractivity contribution in [2.45, 2.75) is 26.8 Å². The lowest BCUT2D eigenvalue weighted by molar-refractivity contribution is 0.101. The molecule has 0 saturated carbocycles. The maximum Gasteiger partial charge on any atom is 0.274 e. The van der Waals surface area contributed by atoms with Crippen molar-refractivity contribution in [3.05, 3.63) is 27.4 Å². The van der Waals surface area contributed by atoms with Gasteiger partial charge in [-0.05, 0) is 35.3 Å². The molecule has 0 atom stereocenters. The molecule has 7 heteroatoms. The molecular formula is C11H13BrN4OS. The average molecular weight is 329 g/mol. The first-order valence-corrected chi connectivity index (χ1v) is 7.24. The second kappa shape index (κ2) is 5.62. The number of aryl methyl sites for hydroxylation is 2. The summed E-state index contributed by atoms with van der Waals surface area (Å²) in [4.78, 5) is 12.1. The first-order chi connectivity index (χ1) is 8.63. The van der Waals surface area contributed by atoms with E-state index >= 15 is 0 Å². The van der Waals surface area contributed by atoms with Gasteiger partial charge in [-0.1, -0.05) is 18.3 Å². The molecule has 2 aromatic heterocycles. The fourth-order valence-corrected chi connectivity index (χ4v) is 2.67. The van der Waals surface area contributed by atoms with Crippen LogP contribution in [0.2, 0.25) is 0 Å². The predicted octanol–water partition coefficient (Wildman–Crippen LogP) is 2.94. The zero-order chi connectivity index (χ0) is 13.1. The monoisotopic (exact) mass is 328 g/mol. The first kappa shape index (κ1) is 13.2. The number of aromatic nitrogens is 3. The van der Waals surface area contributed by atoms with Gasteiger partial charge in [-0.25, -0.2) is 0 Å². The second-order valence-electron chi connectivity index (χ2n) is 3.64. The predicted molar refractivity (Wildman–Crippen MR) is 75.0 cm³/mol. The van der Waals surface area contributed by atoms with Crippen LogP contribution in [0.25, 0.3) is 0 Å². The third-order valence-electron chi connectivity index (χ3n) is 2.43. The quantitative estimate of drug-likeness (QED) is 0.938. The molecule has 2 heterocycles. The molecule has 96 valence electrons. The molecule has 0 aromatic carbocycles. The van der Waals surface area contributed by atoms with Gasteiger partial charge in [0.15, 0.2) is 0 Å². The molecule has 2 rings (SSSR count). The minimum atomic E-state index is -0.165. The van der Waals surface area contributed by atoms with Gasteiger partial charge in [-0.2, -0.15) is 0 Å². The highest BCUT2D eigenvalue weighted by Gasteiger charge is 2.14. The molecule has 1 N–H and O–H groups in total. The summed E-state index contributed by atoms with van der Waals surface area (Å²) in [5.74, 6) is -0.165. The summed E-state index contributed by atoms with van der Waals surface area (Å²) in [5.41, 5.74) is 0.609. The topological polar surface area (TPSA) is 59.8 Å². The van der Waals surface area contributed by atoms with Crippen LogP contribution in [-0.4, -0.2) is 20.7 Å². The van der Waals surface area contributed by atoms with Gasteiger partial charge < -0.3 is 4.57 Å². The van der Waals surface area contributed by atoms with E-state index in [2.05, 4.69) is 31.4 Å². The summed E-state index contributed by atoms with van der Waals surface area (Å²) in [6, 6.07) is 1.79. The van der Waals surface area contributed by atoms with E-state index in [1.165, 1.54) is 11.3 Å². The third kappa shape index (κ3) is 2.78. The van der Waals surface area contributed by atoms with Crippen molar-refractivity contribution in [2.75, 3.05) is 5.32 Å². The molecule has 0 bridgehead atoms. The first-order valence-electron chi connectivity index (χ1n) is 5.63. The standard InChI is InChI=1S/C11H13BrN4OS/c1-3-9-14-15-11(18-9)13-10(17)8-5-7(12)6-16(8)4-2/h5-6H,3-4H2,1-2H3,(H,13,15,17). The van der Waals surface area contributed by atoms with E-state index in [1.807, 2.05) is 24.6 Å². The minimum absolute atomic E-state index is 0.165. The van der Waals surface area contributed by atoms with Crippen molar-refractivity contribution in [3.8, 4) is 0 Å². The van der Waals surface area contributed by atoms with E-state index in [0.717, 1.165) is 22.4 Å². The molecule has 0 spiro atoms. The summed E-state index contributed by atoms with van der Waals surface area (Å²) in [6.07, 6.45) is 2.71. The van der Waals surface area contributed by atoms with Gasteiger partial charge in [0.2, 0.25) is 5.13 Å². The van der Waals surface area contributed by atoms with Crippen LogP contribution < -0.4 is 5.32 Å². The Morgan fingerprint density at radius 1 is 1.50 bits per heavy atom. The molecular weight excluding hydrogens is 316 g/mol. The van der Waals surface area contributed by atoms with E-state index in [4.69, 9.17) is 0 Å². The molecule has 0 unspecified atom stereocenters. The molecule has 0 radical (unpaired) electrons. The van der Waals surface area contributed by atoms with Gasteiger partial charge in [-0.15, -0.1) is 10.2 Å². The SMILES string of the molecule is CCc1nnc(NC(=O)c2cc(Br)cn2CC)s1. The summed E-state index contributed by atoms with van der Waals surface area (Å²) in [6.45, 7) is 4.74. The van der Waals surface area contributed by atoms with E-state index in [0.29, 0.717) is 10.8 Å². The molecule has 0 aliphatic rings. The number of carbonyl (C=O) groups excluding carboxylic acids is 1. The summed E-state index contributed by atoms with van der Waals surface area (Å²) in [5, 5.41) is 12.1. The van der Waals surface area contributed by atoms with Crippen molar-refractivity contribution in [3.63, 3.8) is 0 Å². The Morgan fingerprint density at radius 2 is 2.28 bits per heavy atom. The number of amides is 1. The molecule has 5 nitrogen and oxygen atoms in total. The number of halogens is 1. The molecule has 0 saturated heterocycles. The largest absolute Gasteiger partial charge is 0.343 e. The lowest BCUT2D eigenvalue weighted by atomic mass is 10.4. The Labute approximate surface area is 117 Å². The number of hydrogen-bond acceptors (Lipinski definition) is 4. The molecule has 0 fully saturated rings. The Hall–Kier alpha value is -1.21. The molecule has 2 aromatic rings. The van der Waals surface area contributed by atoms with E-state index in [9.17, 15) is 4.79 Å². The molecule has 1 amide bonds. The third-order valence-corrected chi connectivity index (χ3v) is 3.84. The van der Waals surface area contributed by atoms with E-state index < -0.39 is 0 Å². The Morgan fingerprint density at radius 3 is 2.89 bits per heavy atom. The van der Waals surface area contributed by atoms with Crippen molar-refractivity contribution in [2.24, 2.45) is 0 Å². The maximum atomic E-state index is 12.1. The highest BCUT2D eigenvalue weighted by molar-refractivity contribution is 9.10. The fourth-order valence-electron chi connectivity index (χ4n) is 1.53. The lowest BCUT2D eigenvalue weighted by Gasteiger charge is -2.04. The minimum Gasteiger partial charge on any atom is -0.343 e. The molecule has 0 aliphatic carbocycles. The van der Waals surface area contributed by atoms with Crippen LogP contribution >= 0.6 is 27.3 Å². The summed E-state index contributed by atoms with van der Waals surface area (Å²) in [7, 11) is 0. The van der Waals surface area contributed by atoms with Crippen LogP contribution in [0.1, 0.15) is 29.3 Å². The number of nitrogens with zero attached hydrogens (tertiary/aromatic N) is 3. The van der Waals surface area contributed by atoms with Gasteiger partial charge >= 0.3 is 0 Å². The highest BCUT2D eigenvalue weighted by atomic mass is 79.9. The molecule has 0 aliphatic heterocycles. The smallest absolute Gasteiger partial charge is 0.274 e. The Kier molecular flexibility index (Phi) is 4.13. The van der Waals surface area contributed by atoms with Crippen molar-refractivity contribution in [1.29, 1.82) is 0 Å². The lowest BCUT2D eigenvalue weighted by Crippen LogP contribution is -2.16. The number of carbonyl (C=O) groups is 1. The Balaban J connectivity index is 2.16. The van der Waals surface area contributed by atoms with Crippen molar-refractivity contribution < 1.29 is 4.79 Å². The number of anilines is 1. The van der Waals surface area contributed by atoms with Crippen LogP contribution in [0, 0.1) is 0 Å². The van der Waals surface area contributed by atoms with Gasteiger partial charge in [0.05, 0.1) is 0 Å². The van der Waals surface area contributed by atoms with Crippen LogP contribution in [0.4, 0.5) is 5.13 Å². The van der Waals surface area contributed by atoms with Crippen LogP contribution in [-0.2, 0) is 13.0 Å². The van der Waals surface area contributed by atoms with Crippen molar-refractivity contribution in [1.82, 2.24) is 14.8 Å². The van der Waals surface area contributed by atoms with E-state index in [1.54, 1.807) is 6.07 Å². The zero-order valence-corrected chi connectivity index (χ0v) is 12.5. The van der Waals surface area contributed by atoms with Gasteiger partial charge in [0.25, 0.3) is 5.91 Å². The molecule has 18 heavy (non-hydrogen) atoms. The average Bonchev–Trinajstić information content (AvgIpc) is 2.95. The zero-order valence-electron chi connectivity index (χ0n) is 10.1. The van der Waals surface area contributed by atoms with Gasteiger partial charge in [0.1, 0.15) is 10.7 Å². The summed E-state index contributed by atoms with van der Waals surface area (Å²) < 4.78 is 2.77. The number of nitrogens with one attached hydrogen (secondary N) is 1.